The Morgan fingerprint density at radius 2 is 0.278 bits per heavy atom. The zero-order valence-corrected chi connectivity index (χ0v) is 42.1. The average Bonchev–Trinajstić information content (AvgIpc) is 3.19. The van der Waals surface area contributed by atoms with E-state index >= 15 is 0 Å². The standard InChI is InChI=1S/C32H69P.C20H45P/c1-5-9-13-17-18-19-20-21-22-23-24-28-32-33(29-25-14-10-6-2,30-26-15-11-7-3)31-27-16-12-8-4;1-5-9-13-15-19-21(17-11-7-3,18-12-8-4)20-16-14-10-6-2/h33H,5-32H2,1-4H3;21H,5-20H2,1-4H3. The fourth-order valence-corrected chi connectivity index (χ4v) is 20.8. The monoisotopic (exact) mass is 801 g/mol. The third-order valence-corrected chi connectivity index (χ3v) is 24.8. The van der Waals surface area contributed by atoms with Crippen molar-refractivity contribution in [2.24, 2.45) is 0 Å². The molecule has 54 heavy (non-hydrogen) atoms. The van der Waals surface area contributed by atoms with Gasteiger partial charge in [0, 0.05) is 0 Å². The fraction of sp³-hybridized carbons (Fsp3) is 1.00. The minimum atomic E-state index is -1.04. The first-order chi connectivity index (χ1) is 26.5. The Kier molecular flexibility index (Phi) is 49.1. The van der Waals surface area contributed by atoms with Gasteiger partial charge in [0.25, 0.3) is 0 Å². The van der Waals surface area contributed by atoms with E-state index in [-0.39, 0.29) is 0 Å². The summed E-state index contributed by atoms with van der Waals surface area (Å²) in [5.41, 5.74) is 0. The van der Waals surface area contributed by atoms with Crippen molar-refractivity contribution in [3.8, 4) is 0 Å². The molecule has 0 aliphatic rings. The van der Waals surface area contributed by atoms with Crippen LogP contribution in [0.25, 0.3) is 0 Å². The molecule has 0 heterocycles. The van der Waals surface area contributed by atoms with E-state index in [1.165, 1.54) is 193 Å². The Bertz CT molecular complexity index is 605. The number of rotatable bonds is 44. The van der Waals surface area contributed by atoms with Gasteiger partial charge in [0.1, 0.15) is 0 Å². The quantitative estimate of drug-likeness (QED) is 0.0425. The Hall–Kier alpha value is 0.860. The van der Waals surface area contributed by atoms with Gasteiger partial charge in [-0.05, 0) is 0 Å². The Labute approximate surface area is 349 Å². The molecule has 0 aromatic heterocycles. The molecule has 0 bridgehead atoms. The second kappa shape index (κ2) is 46.5. The van der Waals surface area contributed by atoms with E-state index < -0.39 is 14.5 Å². The van der Waals surface area contributed by atoms with Crippen molar-refractivity contribution in [3.05, 3.63) is 0 Å². The predicted molar refractivity (Wildman–Crippen MR) is 267 cm³/mol. The molecule has 0 aliphatic carbocycles. The molecule has 2 heteroatoms. The summed E-state index contributed by atoms with van der Waals surface area (Å²) in [6.45, 7) is 18.9. The molecule has 0 aliphatic heterocycles. The van der Waals surface area contributed by atoms with Crippen LogP contribution in [0.3, 0.4) is 0 Å². The van der Waals surface area contributed by atoms with E-state index in [1.54, 1.807) is 87.8 Å². The Balaban J connectivity index is 0. The second-order valence-electron chi connectivity index (χ2n) is 18.9. The van der Waals surface area contributed by atoms with Gasteiger partial charge in [-0.3, -0.25) is 0 Å². The van der Waals surface area contributed by atoms with Gasteiger partial charge in [-0.1, -0.05) is 13.3 Å². The summed E-state index contributed by atoms with van der Waals surface area (Å²) < 4.78 is 0. The van der Waals surface area contributed by atoms with E-state index in [4.69, 9.17) is 0 Å². The summed E-state index contributed by atoms with van der Waals surface area (Å²) in [6, 6.07) is 0. The van der Waals surface area contributed by atoms with Crippen molar-refractivity contribution in [1.29, 1.82) is 0 Å². The van der Waals surface area contributed by atoms with E-state index in [0.717, 1.165) is 0 Å². The molecule has 0 radical (unpaired) electrons. The van der Waals surface area contributed by atoms with Crippen molar-refractivity contribution in [2.45, 2.75) is 287 Å². The third-order valence-electron chi connectivity index (χ3n) is 13.5. The van der Waals surface area contributed by atoms with Crippen LogP contribution >= 0.6 is 14.5 Å². The maximum atomic E-state index is 2.38. The molecule has 0 amide bonds. The fourth-order valence-electron chi connectivity index (χ4n) is 9.58. The van der Waals surface area contributed by atoms with Crippen LogP contribution in [0.5, 0.6) is 0 Å². The molecule has 0 spiro atoms. The summed E-state index contributed by atoms with van der Waals surface area (Å²) in [5.74, 6) is 0. The SMILES string of the molecule is CCCCCCCCCCCCCC[PH](CCCCCC)(CCCCCC)CCCCCC.CCCCCC[PH](CCCC)(CCCC)CCCCCC. The van der Waals surface area contributed by atoms with Crippen LogP contribution in [0.1, 0.15) is 287 Å². The Morgan fingerprint density at radius 1 is 0.148 bits per heavy atom. The van der Waals surface area contributed by atoms with E-state index in [9.17, 15) is 0 Å². The van der Waals surface area contributed by atoms with Crippen molar-refractivity contribution >= 4 is 14.5 Å². The summed E-state index contributed by atoms with van der Waals surface area (Å²) in [4.78, 5) is 0. The molecular formula is C52H114P2. The van der Waals surface area contributed by atoms with Crippen LogP contribution in [0.15, 0.2) is 0 Å². The number of hydrogen-bond donors (Lipinski definition) is 0. The van der Waals surface area contributed by atoms with Gasteiger partial charge in [-0.15, -0.1) is 0 Å². The van der Waals surface area contributed by atoms with Crippen LogP contribution in [0.2, 0.25) is 0 Å². The average molecular weight is 801 g/mol. The topological polar surface area (TPSA) is 0 Å². The van der Waals surface area contributed by atoms with Crippen molar-refractivity contribution < 1.29 is 0 Å². The van der Waals surface area contributed by atoms with Crippen LogP contribution < -0.4 is 0 Å². The molecule has 0 N–H and O–H groups in total. The van der Waals surface area contributed by atoms with Crippen LogP contribution in [0, 0.1) is 0 Å². The number of unbranched alkanes of at least 4 members (excludes halogenated alkanes) is 28. The van der Waals surface area contributed by atoms with Crippen LogP contribution in [-0.4, -0.2) is 49.3 Å². The van der Waals surface area contributed by atoms with Crippen molar-refractivity contribution in [1.82, 2.24) is 0 Å². The summed E-state index contributed by atoms with van der Waals surface area (Å²) in [7, 11) is -1.98. The van der Waals surface area contributed by atoms with Crippen molar-refractivity contribution in [2.75, 3.05) is 49.3 Å². The molecule has 0 saturated carbocycles. The van der Waals surface area contributed by atoms with Crippen molar-refractivity contribution in [3.63, 3.8) is 0 Å². The zero-order valence-electron chi connectivity index (χ0n) is 40.1. The first kappa shape index (κ1) is 57.0. The molecule has 0 fully saturated rings. The van der Waals surface area contributed by atoms with Crippen LogP contribution in [-0.2, 0) is 0 Å². The first-order valence-electron chi connectivity index (χ1n) is 26.5. The summed E-state index contributed by atoms with van der Waals surface area (Å²) >= 11 is 0. The second-order valence-corrected chi connectivity index (χ2v) is 28.9. The minimum absolute atomic E-state index is 0.937. The molecule has 0 atom stereocenters. The van der Waals surface area contributed by atoms with Gasteiger partial charge >= 0.3 is 337 Å². The predicted octanol–water partition coefficient (Wildman–Crippen LogP) is 19.7. The molecule has 0 aromatic rings. The molecule has 0 aromatic carbocycles. The Morgan fingerprint density at radius 3 is 0.463 bits per heavy atom. The van der Waals surface area contributed by atoms with Gasteiger partial charge < -0.3 is 0 Å². The van der Waals surface area contributed by atoms with Gasteiger partial charge in [0.2, 0.25) is 0 Å². The maximum absolute atomic E-state index is 2.38. The van der Waals surface area contributed by atoms with Gasteiger partial charge in [0.05, 0.1) is 0 Å². The molecule has 0 rings (SSSR count). The van der Waals surface area contributed by atoms with E-state index in [2.05, 4.69) is 55.4 Å². The zero-order chi connectivity index (χ0) is 40.1. The molecule has 0 unspecified atom stereocenters. The van der Waals surface area contributed by atoms with Gasteiger partial charge in [0.15, 0.2) is 0 Å². The first-order valence-corrected chi connectivity index (χ1v) is 32.1. The number of hydrogen-bond acceptors (Lipinski definition) is 0. The molecular weight excluding hydrogens is 687 g/mol. The molecule has 0 saturated heterocycles. The van der Waals surface area contributed by atoms with E-state index in [0.29, 0.717) is 0 Å². The normalized spacial score (nSPS) is 12.6. The summed E-state index contributed by atoms with van der Waals surface area (Å²) in [6.07, 6.45) is 66.5. The van der Waals surface area contributed by atoms with E-state index in [1.807, 2.05) is 0 Å². The van der Waals surface area contributed by atoms with Gasteiger partial charge in [-0.25, -0.2) is 0 Å². The van der Waals surface area contributed by atoms with Crippen LogP contribution in [0.4, 0.5) is 0 Å². The van der Waals surface area contributed by atoms with Gasteiger partial charge in [-0.2, -0.15) is 0 Å². The molecule has 332 valence electrons. The summed E-state index contributed by atoms with van der Waals surface area (Å²) in [5, 5.41) is 0. The molecule has 0 nitrogen and oxygen atoms in total. The third kappa shape index (κ3) is 38.4.